The third-order valence-electron chi connectivity index (χ3n) is 2.25. The topological polar surface area (TPSA) is 97.5 Å². The molecule has 94 valence electrons. The van der Waals surface area contributed by atoms with Gasteiger partial charge in [-0.15, -0.1) is 0 Å². The smallest absolute Gasteiger partial charge is 0.357 e. The average Bonchev–Trinajstić information content (AvgIpc) is 2.77. The summed E-state index contributed by atoms with van der Waals surface area (Å²) in [6.07, 6.45) is 2.14. The molecular formula is C11H9NO5S. The summed E-state index contributed by atoms with van der Waals surface area (Å²) in [6, 6.07) is 5.84. The number of benzene rings is 1. The summed E-state index contributed by atoms with van der Waals surface area (Å²) in [4.78, 5) is 14.6. The first kappa shape index (κ1) is 12.3. The Morgan fingerprint density at radius 3 is 2.33 bits per heavy atom. The zero-order valence-corrected chi connectivity index (χ0v) is 10.1. The summed E-state index contributed by atoms with van der Waals surface area (Å²) >= 11 is 0. The summed E-state index contributed by atoms with van der Waals surface area (Å²) in [5.74, 6) is -1.05. The van der Waals surface area contributed by atoms with Crippen molar-refractivity contribution < 1.29 is 22.7 Å². The van der Waals surface area contributed by atoms with E-state index < -0.39 is 15.8 Å². The van der Waals surface area contributed by atoms with Crippen molar-refractivity contribution in [1.29, 1.82) is 0 Å². The molecule has 1 aromatic carbocycles. The highest BCUT2D eigenvalue weighted by Gasteiger charge is 2.13. The number of carbonyl (C=O) groups is 1. The average molecular weight is 267 g/mol. The lowest BCUT2D eigenvalue weighted by Crippen LogP contribution is -1.97. The Morgan fingerprint density at radius 1 is 1.28 bits per heavy atom. The molecule has 0 atom stereocenters. The molecule has 2 aromatic rings. The van der Waals surface area contributed by atoms with Crippen LogP contribution in [0.5, 0.6) is 0 Å². The van der Waals surface area contributed by atoms with Gasteiger partial charge in [0.15, 0.2) is 15.5 Å². The molecule has 0 unspecified atom stereocenters. The Balaban J connectivity index is 2.37. The number of aromatic nitrogens is 1. The molecule has 0 saturated carbocycles. The van der Waals surface area contributed by atoms with Gasteiger partial charge in [0.05, 0.1) is 4.90 Å². The quantitative estimate of drug-likeness (QED) is 0.903. The molecule has 6 nitrogen and oxygen atoms in total. The molecule has 0 amide bonds. The van der Waals surface area contributed by atoms with Crippen molar-refractivity contribution in [3.63, 3.8) is 0 Å². The van der Waals surface area contributed by atoms with Gasteiger partial charge in [-0.1, -0.05) is 0 Å². The summed E-state index contributed by atoms with van der Waals surface area (Å²) in [7, 11) is -3.26. The van der Waals surface area contributed by atoms with E-state index >= 15 is 0 Å². The minimum Gasteiger partial charge on any atom is -0.476 e. The van der Waals surface area contributed by atoms with Crippen molar-refractivity contribution in [3.8, 4) is 11.5 Å². The second-order valence-corrected chi connectivity index (χ2v) is 5.66. The highest BCUT2D eigenvalue weighted by atomic mass is 32.2. The highest BCUT2D eigenvalue weighted by Crippen LogP contribution is 2.20. The van der Waals surface area contributed by atoms with Gasteiger partial charge >= 0.3 is 5.97 Å². The SMILES string of the molecule is CS(=O)(=O)c1ccc(-c2nc(C(=O)O)co2)cc1. The van der Waals surface area contributed by atoms with E-state index in [0.29, 0.717) is 5.56 Å². The molecule has 1 heterocycles. The van der Waals surface area contributed by atoms with Crippen LogP contribution in [-0.4, -0.2) is 30.7 Å². The van der Waals surface area contributed by atoms with Crippen LogP contribution >= 0.6 is 0 Å². The van der Waals surface area contributed by atoms with E-state index in [4.69, 9.17) is 9.52 Å². The van der Waals surface area contributed by atoms with E-state index in [2.05, 4.69) is 4.98 Å². The van der Waals surface area contributed by atoms with Crippen LogP contribution in [0.2, 0.25) is 0 Å². The minimum absolute atomic E-state index is 0.132. The highest BCUT2D eigenvalue weighted by molar-refractivity contribution is 7.90. The lowest BCUT2D eigenvalue weighted by atomic mass is 10.2. The van der Waals surface area contributed by atoms with Gasteiger partial charge in [0.2, 0.25) is 5.89 Å². The Kier molecular flexibility index (Phi) is 2.92. The number of rotatable bonds is 3. The van der Waals surface area contributed by atoms with Gasteiger partial charge in [0, 0.05) is 11.8 Å². The van der Waals surface area contributed by atoms with Crippen LogP contribution in [-0.2, 0) is 9.84 Å². The number of aromatic carboxylic acids is 1. The van der Waals surface area contributed by atoms with E-state index in [0.717, 1.165) is 12.5 Å². The van der Waals surface area contributed by atoms with Crippen molar-refractivity contribution in [2.45, 2.75) is 4.90 Å². The zero-order chi connectivity index (χ0) is 13.3. The fraction of sp³-hybridized carbons (Fsp3) is 0.0909. The Bertz CT molecular complexity index is 684. The zero-order valence-electron chi connectivity index (χ0n) is 9.32. The number of carboxylic acids is 1. The van der Waals surface area contributed by atoms with Gasteiger partial charge in [-0.2, -0.15) is 0 Å². The van der Waals surface area contributed by atoms with Gasteiger partial charge in [-0.25, -0.2) is 18.2 Å². The molecule has 0 aliphatic rings. The third-order valence-corrected chi connectivity index (χ3v) is 3.38. The summed E-state index contributed by atoms with van der Waals surface area (Å²) in [5.41, 5.74) is 0.312. The van der Waals surface area contributed by atoms with Gasteiger partial charge in [0.1, 0.15) is 6.26 Å². The van der Waals surface area contributed by atoms with Crippen molar-refractivity contribution in [2.24, 2.45) is 0 Å². The van der Waals surface area contributed by atoms with Gasteiger partial charge in [-0.3, -0.25) is 0 Å². The number of hydrogen-bond acceptors (Lipinski definition) is 5. The second kappa shape index (κ2) is 4.26. The minimum atomic E-state index is -3.26. The second-order valence-electron chi connectivity index (χ2n) is 3.64. The van der Waals surface area contributed by atoms with Crippen molar-refractivity contribution in [3.05, 3.63) is 36.2 Å². The molecule has 1 aromatic heterocycles. The number of oxazole rings is 1. The number of nitrogens with zero attached hydrogens (tertiary/aromatic N) is 1. The van der Waals surface area contributed by atoms with E-state index in [-0.39, 0.29) is 16.5 Å². The van der Waals surface area contributed by atoms with Gasteiger partial charge in [-0.05, 0) is 24.3 Å². The maximum absolute atomic E-state index is 11.3. The van der Waals surface area contributed by atoms with Gasteiger partial charge < -0.3 is 9.52 Å². The van der Waals surface area contributed by atoms with E-state index in [9.17, 15) is 13.2 Å². The van der Waals surface area contributed by atoms with Crippen LogP contribution in [0.3, 0.4) is 0 Å². The monoisotopic (exact) mass is 267 g/mol. The molecule has 0 spiro atoms. The molecule has 0 aliphatic heterocycles. The molecule has 7 heteroatoms. The summed E-state index contributed by atoms with van der Waals surface area (Å²) < 4.78 is 27.5. The fourth-order valence-electron chi connectivity index (χ4n) is 1.35. The molecule has 0 aliphatic carbocycles. The Morgan fingerprint density at radius 2 is 1.89 bits per heavy atom. The van der Waals surface area contributed by atoms with Crippen molar-refractivity contribution in [2.75, 3.05) is 6.26 Å². The van der Waals surface area contributed by atoms with Gasteiger partial charge in [0.25, 0.3) is 0 Å². The predicted molar refractivity (Wildman–Crippen MR) is 62.0 cm³/mol. The fourth-order valence-corrected chi connectivity index (χ4v) is 1.98. The van der Waals surface area contributed by atoms with Crippen LogP contribution in [0.1, 0.15) is 10.5 Å². The van der Waals surface area contributed by atoms with Crippen LogP contribution in [0.15, 0.2) is 39.8 Å². The van der Waals surface area contributed by atoms with Crippen LogP contribution in [0, 0.1) is 0 Å². The molecule has 2 rings (SSSR count). The molecule has 0 saturated heterocycles. The number of carboxylic acid groups (broad SMARTS) is 1. The lowest BCUT2D eigenvalue weighted by molar-refractivity contribution is 0.0690. The molecule has 0 fully saturated rings. The van der Waals surface area contributed by atoms with E-state index in [1.807, 2.05) is 0 Å². The summed E-state index contributed by atoms with van der Waals surface area (Å²) in [5, 5.41) is 8.69. The molecule has 0 bridgehead atoms. The molecular weight excluding hydrogens is 258 g/mol. The van der Waals surface area contributed by atoms with E-state index in [1.54, 1.807) is 0 Å². The first-order valence-corrected chi connectivity index (χ1v) is 6.76. The van der Waals surface area contributed by atoms with E-state index in [1.165, 1.54) is 24.3 Å². The van der Waals surface area contributed by atoms with Crippen molar-refractivity contribution >= 4 is 15.8 Å². The predicted octanol–water partition coefficient (Wildman–Crippen LogP) is 1.44. The molecule has 1 N–H and O–H groups in total. The van der Waals surface area contributed by atoms with Crippen molar-refractivity contribution in [1.82, 2.24) is 4.98 Å². The number of sulfone groups is 1. The largest absolute Gasteiger partial charge is 0.476 e. The third kappa shape index (κ3) is 2.40. The Hall–Kier alpha value is -2.15. The standard InChI is InChI=1S/C11H9NO5S/c1-18(15,16)8-4-2-7(3-5-8)10-12-9(6-17-10)11(13)14/h2-6H,1H3,(H,13,14). The normalized spacial score (nSPS) is 11.4. The summed E-state index contributed by atoms with van der Waals surface area (Å²) in [6.45, 7) is 0. The first-order valence-electron chi connectivity index (χ1n) is 4.87. The molecule has 0 radical (unpaired) electrons. The van der Waals surface area contributed by atoms with Crippen LogP contribution in [0.4, 0.5) is 0 Å². The first-order chi connectivity index (χ1) is 8.38. The maximum atomic E-state index is 11.3. The lowest BCUT2D eigenvalue weighted by Gasteiger charge is -1.99. The number of hydrogen-bond donors (Lipinski definition) is 1. The van der Waals surface area contributed by atoms with Crippen LogP contribution in [0.25, 0.3) is 11.5 Å². The molecule has 18 heavy (non-hydrogen) atoms. The maximum Gasteiger partial charge on any atom is 0.357 e. The van der Waals surface area contributed by atoms with Crippen LogP contribution < -0.4 is 0 Å². The Labute approximate surface area is 103 Å².